The highest BCUT2D eigenvalue weighted by molar-refractivity contribution is 5.88. The van der Waals surface area contributed by atoms with Gasteiger partial charge in [0.2, 0.25) is 0 Å². The van der Waals surface area contributed by atoms with Crippen molar-refractivity contribution in [3.05, 3.63) is 11.9 Å². The standard InChI is InChI=1S/C8H12N2O3/c1-5(2)10-7(8(11)12)6(13-3)4-9-10/h4-5H,1-3H3,(H,11,12). The van der Waals surface area contributed by atoms with Crippen LogP contribution in [0.1, 0.15) is 30.4 Å². The molecule has 0 aliphatic heterocycles. The van der Waals surface area contributed by atoms with Gasteiger partial charge in [-0.2, -0.15) is 5.10 Å². The highest BCUT2D eigenvalue weighted by Gasteiger charge is 2.19. The second-order valence-corrected chi connectivity index (χ2v) is 2.91. The average molecular weight is 184 g/mol. The van der Waals surface area contributed by atoms with Crippen molar-refractivity contribution in [1.29, 1.82) is 0 Å². The van der Waals surface area contributed by atoms with Crippen LogP contribution in [0.2, 0.25) is 0 Å². The summed E-state index contributed by atoms with van der Waals surface area (Å²) in [6.45, 7) is 3.72. The first kappa shape index (κ1) is 9.57. The predicted molar refractivity (Wildman–Crippen MR) is 46.1 cm³/mol. The van der Waals surface area contributed by atoms with Gasteiger partial charge in [0, 0.05) is 6.04 Å². The Labute approximate surface area is 75.9 Å². The summed E-state index contributed by atoms with van der Waals surface area (Å²) in [6, 6.07) is 0.00926. The number of hydrogen-bond acceptors (Lipinski definition) is 3. The maximum Gasteiger partial charge on any atom is 0.358 e. The Balaban J connectivity index is 3.22. The van der Waals surface area contributed by atoms with Crippen LogP contribution >= 0.6 is 0 Å². The zero-order valence-corrected chi connectivity index (χ0v) is 7.81. The van der Waals surface area contributed by atoms with Gasteiger partial charge < -0.3 is 9.84 Å². The fourth-order valence-electron chi connectivity index (χ4n) is 1.09. The summed E-state index contributed by atoms with van der Waals surface area (Å²) in [5.41, 5.74) is 0.0949. The highest BCUT2D eigenvalue weighted by atomic mass is 16.5. The van der Waals surface area contributed by atoms with Gasteiger partial charge in [0.25, 0.3) is 0 Å². The molecule has 5 heteroatoms. The molecule has 0 aliphatic rings. The third-order valence-electron chi connectivity index (χ3n) is 1.67. The molecule has 5 nitrogen and oxygen atoms in total. The maximum absolute atomic E-state index is 10.8. The molecule has 72 valence electrons. The molecule has 0 spiro atoms. The number of methoxy groups -OCH3 is 1. The number of aromatic nitrogens is 2. The molecule has 1 aromatic rings. The van der Waals surface area contributed by atoms with Crippen LogP contribution in [0.25, 0.3) is 0 Å². The molecule has 0 amide bonds. The lowest BCUT2D eigenvalue weighted by Crippen LogP contribution is -2.12. The first-order valence-electron chi connectivity index (χ1n) is 3.92. The number of nitrogens with zero attached hydrogens (tertiary/aromatic N) is 2. The molecule has 0 saturated carbocycles. The molecule has 13 heavy (non-hydrogen) atoms. The topological polar surface area (TPSA) is 64.4 Å². The first-order chi connectivity index (χ1) is 6.07. The minimum absolute atomic E-state index is 0.00926. The van der Waals surface area contributed by atoms with Crippen LogP contribution in [0.3, 0.4) is 0 Å². The number of rotatable bonds is 3. The zero-order chi connectivity index (χ0) is 10.0. The summed E-state index contributed by atoms with van der Waals surface area (Å²) in [6.07, 6.45) is 1.41. The van der Waals surface area contributed by atoms with E-state index >= 15 is 0 Å². The predicted octanol–water partition coefficient (Wildman–Crippen LogP) is 1.17. The Kier molecular flexibility index (Phi) is 2.55. The minimum atomic E-state index is -1.02. The normalized spacial score (nSPS) is 10.5. The van der Waals surface area contributed by atoms with E-state index in [1.165, 1.54) is 18.0 Å². The Bertz CT molecular complexity index is 317. The number of carbonyl (C=O) groups is 1. The molecule has 0 atom stereocenters. The van der Waals surface area contributed by atoms with E-state index in [1.807, 2.05) is 13.8 Å². The smallest absolute Gasteiger partial charge is 0.358 e. The lowest BCUT2D eigenvalue weighted by molar-refractivity contribution is 0.0677. The second kappa shape index (κ2) is 3.47. The lowest BCUT2D eigenvalue weighted by atomic mass is 10.3. The molecule has 0 unspecified atom stereocenters. The van der Waals surface area contributed by atoms with Crippen LogP contribution in [-0.4, -0.2) is 28.0 Å². The number of carboxylic acids is 1. The van der Waals surface area contributed by atoms with Gasteiger partial charge in [0.05, 0.1) is 13.3 Å². The van der Waals surface area contributed by atoms with Crippen molar-refractivity contribution in [3.63, 3.8) is 0 Å². The lowest BCUT2D eigenvalue weighted by Gasteiger charge is -2.07. The number of hydrogen-bond donors (Lipinski definition) is 1. The largest absolute Gasteiger partial charge is 0.493 e. The molecule has 1 aromatic heterocycles. The molecule has 1 heterocycles. The van der Waals surface area contributed by atoms with E-state index in [1.54, 1.807) is 0 Å². The molecule has 0 aliphatic carbocycles. The summed E-state index contributed by atoms with van der Waals surface area (Å²) in [5, 5.41) is 12.8. The summed E-state index contributed by atoms with van der Waals surface area (Å²) >= 11 is 0. The third-order valence-corrected chi connectivity index (χ3v) is 1.67. The first-order valence-corrected chi connectivity index (χ1v) is 3.92. The van der Waals surface area contributed by atoms with Crippen molar-refractivity contribution in [2.45, 2.75) is 19.9 Å². The van der Waals surface area contributed by atoms with Crippen LogP contribution in [0, 0.1) is 0 Å². The van der Waals surface area contributed by atoms with Crippen molar-refractivity contribution in [2.24, 2.45) is 0 Å². The molecular formula is C8H12N2O3. The van der Waals surface area contributed by atoms with E-state index in [9.17, 15) is 4.79 Å². The summed E-state index contributed by atoms with van der Waals surface area (Å²) in [5.74, 6) is -0.732. The number of aromatic carboxylic acids is 1. The second-order valence-electron chi connectivity index (χ2n) is 2.91. The van der Waals surface area contributed by atoms with Gasteiger partial charge in [-0.25, -0.2) is 4.79 Å². The highest BCUT2D eigenvalue weighted by Crippen LogP contribution is 2.20. The van der Waals surface area contributed by atoms with Crippen molar-refractivity contribution < 1.29 is 14.6 Å². The molecule has 1 rings (SSSR count). The average Bonchev–Trinajstić information content (AvgIpc) is 2.46. The summed E-state index contributed by atoms with van der Waals surface area (Å²) in [4.78, 5) is 10.8. The Morgan fingerprint density at radius 2 is 2.31 bits per heavy atom. The van der Waals surface area contributed by atoms with Gasteiger partial charge >= 0.3 is 5.97 Å². The van der Waals surface area contributed by atoms with Crippen LogP contribution in [0.5, 0.6) is 5.75 Å². The van der Waals surface area contributed by atoms with E-state index in [0.29, 0.717) is 5.75 Å². The third kappa shape index (κ3) is 1.63. The van der Waals surface area contributed by atoms with Crippen LogP contribution < -0.4 is 4.74 Å². The molecule has 0 radical (unpaired) electrons. The zero-order valence-electron chi connectivity index (χ0n) is 7.81. The molecule has 1 N–H and O–H groups in total. The van der Waals surface area contributed by atoms with Crippen molar-refractivity contribution in [1.82, 2.24) is 9.78 Å². The monoisotopic (exact) mass is 184 g/mol. The van der Waals surface area contributed by atoms with Crippen molar-refractivity contribution in [2.75, 3.05) is 7.11 Å². The minimum Gasteiger partial charge on any atom is -0.493 e. The van der Waals surface area contributed by atoms with E-state index < -0.39 is 5.97 Å². The van der Waals surface area contributed by atoms with Crippen LogP contribution in [0.15, 0.2) is 6.20 Å². The number of ether oxygens (including phenoxy) is 1. The van der Waals surface area contributed by atoms with E-state index in [2.05, 4.69) is 5.10 Å². The van der Waals surface area contributed by atoms with E-state index in [4.69, 9.17) is 9.84 Å². The van der Waals surface area contributed by atoms with Crippen molar-refractivity contribution in [3.8, 4) is 5.75 Å². The maximum atomic E-state index is 10.8. The van der Waals surface area contributed by atoms with Gasteiger partial charge in [-0.05, 0) is 13.8 Å². The quantitative estimate of drug-likeness (QED) is 0.765. The van der Waals surface area contributed by atoms with Gasteiger partial charge in [0.1, 0.15) is 0 Å². The molecule has 0 saturated heterocycles. The summed E-state index contributed by atoms with van der Waals surface area (Å²) < 4.78 is 6.29. The van der Waals surface area contributed by atoms with Gasteiger partial charge in [-0.3, -0.25) is 4.68 Å². The molecule has 0 aromatic carbocycles. The molecule has 0 fully saturated rings. The number of carboxylic acid groups (broad SMARTS) is 1. The fraction of sp³-hybridized carbons (Fsp3) is 0.500. The Morgan fingerprint density at radius 1 is 1.69 bits per heavy atom. The van der Waals surface area contributed by atoms with Crippen molar-refractivity contribution >= 4 is 5.97 Å². The van der Waals surface area contributed by atoms with E-state index in [-0.39, 0.29) is 11.7 Å². The Morgan fingerprint density at radius 3 is 2.69 bits per heavy atom. The van der Waals surface area contributed by atoms with Crippen LogP contribution in [0.4, 0.5) is 0 Å². The van der Waals surface area contributed by atoms with Gasteiger partial charge in [-0.1, -0.05) is 0 Å². The van der Waals surface area contributed by atoms with Gasteiger partial charge in [0.15, 0.2) is 11.4 Å². The van der Waals surface area contributed by atoms with Crippen LogP contribution in [-0.2, 0) is 0 Å². The Hall–Kier alpha value is -1.52. The van der Waals surface area contributed by atoms with E-state index in [0.717, 1.165) is 0 Å². The molecule has 0 bridgehead atoms. The van der Waals surface area contributed by atoms with Gasteiger partial charge in [-0.15, -0.1) is 0 Å². The molecular weight excluding hydrogens is 172 g/mol. The summed E-state index contributed by atoms with van der Waals surface area (Å²) in [7, 11) is 1.42. The fourth-order valence-corrected chi connectivity index (χ4v) is 1.09. The SMILES string of the molecule is COc1cnn(C(C)C)c1C(=O)O.